The molecular formula is C23H29N7O2. The molecule has 1 fully saturated rings. The Morgan fingerprint density at radius 2 is 2.09 bits per heavy atom. The van der Waals surface area contributed by atoms with Crippen LogP contribution in [0.25, 0.3) is 5.65 Å². The van der Waals surface area contributed by atoms with Gasteiger partial charge in [0.05, 0.1) is 0 Å². The van der Waals surface area contributed by atoms with Crippen molar-refractivity contribution < 1.29 is 9.59 Å². The van der Waals surface area contributed by atoms with Crippen molar-refractivity contribution in [2.45, 2.75) is 32.7 Å². The molecular weight excluding hydrogens is 406 g/mol. The zero-order chi connectivity index (χ0) is 22.3. The molecule has 9 heteroatoms. The van der Waals surface area contributed by atoms with Crippen LogP contribution in [0.3, 0.4) is 0 Å². The van der Waals surface area contributed by atoms with Gasteiger partial charge in [-0.3, -0.25) is 14.0 Å². The molecule has 1 aliphatic heterocycles. The molecule has 0 spiro atoms. The van der Waals surface area contributed by atoms with Gasteiger partial charge in [-0.15, -0.1) is 10.2 Å². The van der Waals surface area contributed by atoms with E-state index in [9.17, 15) is 9.59 Å². The van der Waals surface area contributed by atoms with Crippen LogP contribution in [-0.2, 0) is 16.1 Å². The molecule has 0 saturated carbocycles. The highest BCUT2D eigenvalue weighted by Gasteiger charge is 2.23. The third-order valence-corrected chi connectivity index (χ3v) is 5.87. The summed E-state index contributed by atoms with van der Waals surface area (Å²) in [5.41, 5.74) is 1.81. The largest absolute Gasteiger partial charge is 0.356 e. The first-order valence-electron chi connectivity index (χ1n) is 11.1. The van der Waals surface area contributed by atoms with E-state index in [2.05, 4.69) is 25.4 Å². The normalized spacial score (nSPS) is 16.2. The van der Waals surface area contributed by atoms with Crippen molar-refractivity contribution in [3.63, 3.8) is 0 Å². The number of carbonyl (C=O) groups excluding carboxylic acids is 2. The highest BCUT2D eigenvalue weighted by Crippen LogP contribution is 2.23. The molecule has 0 unspecified atom stereocenters. The van der Waals surface area contributed by atoms with Crippen LogP contribution < -0.4 is 10.2 Å². The number of aromatic nitrogens is 4. The van der Waals surface area contributed by atoms with Crippen LogP contribution in [0, 0.1) is 5.92 Å². The fraction of sp³-hybridized carbons (Fsp3) is 0.435. The summed E-state index contributed by atoms with van der Waals surface area (Å²) < 4.78 is 1.87. The summed E-state index contributed by atoms with van der Waals surface area (Å²) in [6, 6.07) is 9.82. The Labute approximate surface area is 187 Å². The number of piperidine rings is 1. The molecule has 0 radical (unpaired) electrons. The predicted molar refractivity (Wildman–Crippen MR) is 121 cm³/mol. The Balaban J connectivity index is 1.26. The number of fused-ring (bicyclic) bond motifs is 1. The molecule has 1 aliphatic rings. The van der Waals surface area contributed by atoms with Crippen LogP contribution in [0.4, 0.5) is 5.82 Å². The van der Waals surface area contributed by atoms with E-state index in [0.717, 1.165) is 43.0 Å². The zero-order valence-electron chi connectivity index (χ0n) is 18.4. The monoisotopic (exact) mass is 435 g/mol. The highest BCUT2D eigenvalue weighted by molar-refractivity contribution is 5.78. The minimum atomic E-state index is -0.0286. The van der Waals surface area contributed by atoms with E-state index in [1.54, 1.807) is 24.3 Å². The molecule has 0 bridgehead atoms. The van der Waals surface area contributed by atoms with Gasteiger partial charge in [-0.2, -0.15) is 0 Å². The van der Waals surface area contributed by atoms with Crippen LogP contribution in [0.2, 0.25) is 0 Å². The Kier molecular flexibility index (Phi) is 6.94. The molecule has 2 aromatic heterocycles. The first kappa shape index (κ1) is 21.7. The van der Waals surface area contributed by atoms with Crippen LogP contribution in [0.15, 0.2) is 49.1 Å². The third-order valence-electron chi connectivity index (χ3n) is 5.87. The van der Waals surface area contributed by atoms with E-state index in [0.29, 0.717) is 32.0 Å². The first-order valence-corrected chi connectivity index (χ1v) is 11.1. The molecule has 168 valence electrons. The first-order chi connectivity index (χ1) is 15.6. The average Bonchev–Trinajstić information content (AvgIpc) is 3.30. The van der Waals surface area contributed by atoms with Crippen molar-refractivity contribution >= 4 is 23.3 Å². The number of hydrogen-bond donors (Lipinski definition) is 1. The summed E-state index contributed by atoms with van der Waals surface area (Å²) in [6.07, 6.45) is 7.65. The topological polar surface area (TPSA) is 95.7 Å². The van der Waals surface area contributed by atoms with Crippen LogP contribution in [0.5, 0.6) is 0 Å². The van der Waals surface area contributed by atoms with Gasteiger partial charge < -0.3 is 15.1 Å². The van der Waals surface area contributed by atoms with Crippen molar-refractivity contribution in [2.24, 2.45) is 5.92 Å². The molecule has 1 saturated heterocycles. The third kappa shape index (κ3) is 5.40. The molecule has 9 nitrogen and oxygen atoms in total. The summed E-state index contributed by atoms with van der Waals surface area (Å²) in [6.45, 7) is 4.81. The molecule has 1 aromatic carbocycles. The van der Waals surface area contributed by atoms with Crippen LogP contribution >= 0.6 is 0 Å². The number of amides is 2. The van der Waals surface area contributed by atoms with E-state index >= 15 is 0 Å². The standard InChI is InChI=1S/C23H29N7O2/c1-18(31)28(15-19-6-3-2-4-7-19)12-9-21(32)25-14-20-8-5-11-29(16-20)22-23-27-26-17-30(23)13-10-24-22/h2-4,6-7,10,13,17,20H,5,8-9,11-12,14-16H2,1H3,(H,25,32)/t20-/m0/s1. The average molecular weight is 436 g/mol. The quantitative estimate of drug-likeness (QED) is 0.581. The van der Waals surface area contributed by atoms with E-state index < -0.39 is 0 Å². The number of nitrogens with zero attached hydrogens (tertiary/aromatic N) is 6. The van der Waals surface area contributed by atoms with Crippen LogP contribution in [-0.4, -0.2) is 62.5 Å². The second-order valence-corrected chi connectivity index (χ2v) is 8.25. The second-order valence-electron chi connectivity index (χ2n) is 8.25. The van der Waals surface area contributed by atoms with Gasteiger partial charge in [0.1, 0.15) is 6.33 Å². The summed E-state index contributed by atoms with van der Waals surface area (Å²) in [7, 11) is 0. The Morgan fingerprint density at radius 1 is 1.25 bits per heavy atom. The number of benzene rings is 1. The summed E-state index contributed by atoms with van der Waals surface area (Å²) in [4.78, 5) is 32.9. The van der Waals surface area contributed by atoms with Gasteiger partial charge in [0.15, 0.2) is 5.82 Å². The summed E-state index contributed by atoms with van der Waals surface area (Å²) in [5, 5.41) is 11.2. The predicted octanol–water partition coefficient (Wildman–Crippen LogP) is 1.90. The zero-order valence-corrected chi connectivity index (χ0v) is 18.4. The van der Waals surface area contributed by atoms with E-state index in [1.807, 2.05) is 40.9 Å². The van der Waals surface area contributed by atoms with Crippen molar-refractivity contribution in [3.8, 4) is 0 Å². The molecule has 3 aromatic rings. The highest BCUT2D eigenvalue weighted by atomic mass is 16.2. The van der Waals surface area contributed by atoms with Gasteiger partial charge in [0.25, 0.3) is 0 Å². The molecule has 32 heavy (non-hydrogen) atoms. The van der Waals surface area contributed by atoms with Crippen molar-refractivity contribution in [1.82, 2.24) is 29.8 Å². The van der Waals surface area contributed by atoms with Crippen molar-refractivity contribution in [3.05, 3.63) is 54.6 Å². The molecule has 4 rings (SSSR count). The Bertz CT molecular complexity index is 1050. The van der Waals surface area contributed by atoms with Gasteiger partial charge >= 0.3 is 0 Å². The van der Waals surface area contributed by atoms with Crippen molar-refractivity contribution in [1.29, 1.82) is 0 Å². The Morgan fingerprint density at radius 3 is 2.91 bits per heavy atom. The van der Waals surface area contributed by atoms with E-state index in [-0.39, 0.29) is 11.8 Å². The molecule has 2 amide bonds. The minimum Gasteiger partial charge on any atom is -0.356 e. The lowest BCUT2D eigenvalue weighted by atomic mass is 9.98. The summed E-state index contributed by atoms with van der Waals surface area (Å²) >= 11 is 0. The maximum Gasteiger partial charge on any atom is 0.221 e. The van der Waals surface area contributed by atoms with Gasteiger partial charge in [0, 0.05) is 58.5 Å². The van der Waals surface area contributed by atoms with E-state index in [1.165, 1.54) is 0 Å². The number of hydrogen-bond acceptors (Lipinski definition) is 6. The lowest BCUT2D eigenvalue weighted by Gasteiger charge is -2.33. The molecule has 0 aliphatic carbocycles. The number of nitrogens with one attached hydrogen (secondary N) is 1. The minimum absolute atomic E-state index is 0.0280. The molecule has 3 heterocycles. The lowest BCUT2D eigenvalue weighted by Crippen LogP contribution is -2.42. The maximum atomic E-state index is 12.5. The molecule has 1 N–H and O–H groups in total. The van der Waals surface area contributed by atoms with Gasteiger partial charge in [-0.25, -0.2) is 4.98 Å². The lowest BCUT2D eigenvalue weighted by molar-refractivity contribution is -0.130. The van der Waals surface area contributed by atoms with E-state index in [4.69, 9.17) is 0 Å². The number of anilines is 1. The SMILES string of the molecule is CC(=O)N(CCC(=O)NC[C@@H]1CCCN(c2nccn3cnnc23)C1)Cc1ccccc1. The number of rotatable bonds is 8. The maximum absolute atomic E-state index is 12.5. The number of carbonyl (C=O) groups is 2. The second kappa shape index (κ2) is 10.2. The van der Waals surface area contributed by atoms with Gasteiger partial charge in [0.2, 0.25) is 17.5 Å². The molecule has 1 atom stereocenters. The fourth-order valence-corrected chi connectivity index (χ4v) is 4.13. The smallest absolute Gasteiger partial charge is 0.221 e. The van der Waals surface area contributed by atoms with Crippen molar-refractivity contribution in [2.75, 3.05) is 31.1 Å². The fourth-order valence-electron chi connectivity index (χ4n) is 4.13. The van der Waals surface area contributed by atoms with Gasteiger partial charge in [-0.1, -0.05) is 30.3 Å². The summed E-state index contributed by atoms with van der Waals surface area (Å²) in [5.74, 6) is 1.11. The van der Waals surface area contributed by atoms with Gasteiger partial charge in [-0.05, 0) is 24.3 Å². The van der Waals surface area contributed by atoms with Crippen LogP contribution in [0.1, 0.15) is 31.7 Å². The Hall–Kier alpha value is -3.49.